The Morgan fingerprint density at radius 1 is 1.62 bits per heavy atom. The Balaban J connectivity index is 2.65. The summed E-state index contributed by atoms with van der Waals surface area (Å²) >= 11 is 0. The Bertz CT molecular complexity index is 226. The molecular weight excluding hydrogens is 168 g/mol. The topological polar surface area (TPSA) is 49.4 Å². The molecule has 2 amide bonds. The molecule has 74 valence electrons. The second-order valence-electron chi connectivity index (χ2n) is 3.77. The predicted molar refractivity (Wildman–Crippen MR) is 49.0 cm³/mol. The SMILES string of the molecule is CC(C)C(=O)N1CC(=O)NC[C@H]1C. The van der Waals surface area contributed by atoms with Gasteiger partial charge in [0.05, 0.1) is 6.54 Å². The molecule has 4 heteroatoms. The lowest BCUT2D eigenvalue weighted by molar-refractivity contribution is -0.143. The van der Waals surface area contributed by atoms with Gasteiger partial charge in [0.25, 0.3) is 0 Å². The number of carbonyl (C=O) groups is 2. The van der Waals surface area contributed by atoms with E-state index < -0.39 is 0 Å². The molecule has 1 rings (SSSR count). The fraction of sp³-hybridized carbons (Fsp3) is 0.778. The highest BCUT2D eigenvalue weighted by atomic mass is 16.2. The molecule has 0 saturated carbocycles. The molecule has 1 heterocycles. The summed E-state index contributed by atoms with van der Waals surface area (Å²) in [5, 5.41) is 2.72. The van der Waals surface area contributed by atoms with Crippen LogP contribution in [-0.2, 0) is 9.59 Å². The largest absolute Gasteiger partial charge is 0.353 e. The first-order chi connectivity index (χ1) is 6.02. The minimum absolute atomic E-state index is 0.0339. The van der Waals surface area contributed by atoms with Gasteiger partial charge in [0, 0.05) is 18.5 Å². The van der Waals surface area contributed by atoms with E-state index in [0.29, 0.717) is 6.54 Å². The quantitative estimate of drug-likeness (QED) is 0.623. The number of piperazine rings is 1. The monoisotopic (exact) mass is 184 g/mol. The first-order valence-electron chi connectivity index (χ1n) is 4.59. The summed E-state index contributed by atoms with van der Waals surface area (Å²) in [5.74, 6) is -0.0391. The number of hydrogen-bond acceptors (Lipinski definition) is 2. The van der Waals surface area contributed by atoms with E-state index in [-0.39, 0.29) is 30.3 Å². The van der Waals surface area contributed by atoms with Crippen molar-refractivity contribution in [3.8, 4) is 0 Å². The van der Waals surface area contributed by atoms with Crippen LogP contribution >= 0.6 is 0 Å². The average molecular weight is 184 g/mol. The zero-order valence-electron chi connectivity index (χ0n) is 8.33. The van der Waals surface area contributed by atoms with E-state index in [1.165, 1.54) is 0 Å². The van der Waals surface area contributed by atoms with Crippen LogP contribution in [0.2, 0.25) is 0 Å². The van der Waals surface area contributed by atoms with Crippen molar-refractivity contribution in [2.24, 2.45) is 5.92 Å². The van der Waals surface area contributed by atoms with E-state index >= 15 is 0 Å². The van der Waals surface area contributed by atoms with Crippen LogP contribution in [0.3, 0.4) is 0 Å². The molecule has 0 aromatic carbocycles. The van der Waals surface area contributed by atoms with Gasteiger partial charge < -0.3 is 10.2 Å². The Hall–Kier alpha value is -1.06. The molecule has 0 bridgehead atoms. The van der Waals surface area contributed by atoms with E-state index in [1.54, 1.807) is 4.90 Å². The normalized spacial score (nSPS) is 23.2. The van der Waals surface area contributed by atoms with E-state index in [1.807, 2.05) is 20.8 Å². The highest BCUT2D eigenvalue weighted by Crippen LogP contribution is 2.08. The molecular formula is C9H16N2O2. The van der Waals surface area contributed by atoms with Gasteiger partial charge in [-0.15, -0.1) is 0 Å². The van der Waals surface area contributed by atoms with Crippen molar-refractivity contribution >= 4 is 11.8 Å². The number of rotatable bonds is 1. The molecule has 1 fully saturated rings. The van der Waals surface area contributed by atoms with Crippen LogP contribution in [0.5, 0.6) is 0 Å². The molecule has 0 spiro atoms. The molecule has 13 heavy (non-hydrogen) atoms. The van der Waals surface area contributed by atoms with Crippen molar-refractivity contribution in [1.82, 2.24) is 10.2 Å². The highest BCUT2D eigenvalue weighted by Gasteiger charge is 2.28. The third-order valence-electron chi connectivity index (χ3n) is 2.22. The summed E-state index contributed by atoms with van der Waals surface area (Å²) in [7, 11) is 0. The summed E-state index contributed by atoms with van der Waals surface area (Å²) in [6.45, 7) is 6.42. The van der Waals surface area contributed by atoms with E-state index in [2.05, 4.69) is 5.32 Å². The smallest absolute Gasteiger partial charge is 0.239 e. The number of nitrogens with one attached hydrogen (secondary N) is 1. The Labute approximate surface area is 78.3 Å². The van der Waals surface area contributed by atoms with Crippen LogP contribution < -0.4 is 5.32 Å². The van der Waals surface area contributed by atoms with Gasteiger partial charge >= 0.3 is 0 Å². The summed E-state index contributed by atoms with van der Waals surface area (Å²) in [6.07, 6.45) is 0. The van der Waals surface area contributed by atoms with Gasteiger partial charge in [0.2, 0.25) is 11.8 Å². The molecule has 1 N–H and O–H groups in total. The maximum absolute atomic E-state index is 11.6. The standard InChI is InChI=1S/C9H16N2O2/c1-6(2)9(13)11-5-8(12)10-4-7(11)3/h6-7H,4-5H2,1-3H3,(H,10,12)/t7-/m1/s1. The molecule has 0 aromatic heterocycles. The molecule has 1 saturated heterocycles. The third-order valence-corrected chi connectivity index (χ3v) is 2.22. The summed E-state index contributed by atoms with van der Waals surface area (Å²) in [6, 6.07) is 0.118. The van der Waals surface area contributed by atoms with Crippen molar-refractivity contribution in [2.45, 2.75) is 26.8 Å². The number of carbonyl (C=O) groups excluding carboxylic acids is 2. The molecule has 1 aliphatic rings. The van der Waals surface area contributed by atoms with Gasteiger partial charge in [-0.2, -0.15) is 0 Å². The zero-order valence-corrected chi connectivity index (χ0v) is 8.33. The van der Waals surface area contributed by atoms with Gasteiger partial charge in [0.1, 0.15) is 0 Å². The van der Waals surface area contributed by atoms with Gasteiger partial charge in [0.15, 0.2) is 0 Å². The second-order valence-corrected chi connectivity index (χ2v) is 3.77. The van der Waals surface area contributed by atoms with Crippen LogP contribution in [0.25, 0.3) is 0 Å². The number of nitrogens with zero attached hydrogens (tertiary/aromatic N) is 1. The first kappa shape index (κ1) is 10.0. The first-order valence-corrected chi connectivity index (χ1v) is 4.59. The molecule has 1 aliphatic heterocycles. The van der Waals surface area contributed by atoms with Gasteiger partial charge in [-0.05, 0) is 6.92 Å². The summed E-state index contributed by atoms with van der Waals surface area (Å²) in [4.78, 5) is 24.3. The van der Waals surface area contributed by atoms with Gasteiger partial charge in [-0.25, -0.2) is 0 Å². The molecule has 1 atom stereocenters. The molecule has 0 unspecified atom stereocenters. The van der Waals surface area contributed by atoms with Gasteiger partial charge in [-0.3, -0.25) is 9.59 Å². The number of hydrogen-bond donors (Lipinski definition) is 1. The van der Waals surface area contributed by atoms with E-state index in [4.69, 9.17) is 0 Å². The molecule has 0 aromatic rings. The van der Waals surface area contributed by atoms with Crippen LogP contribution in [0.1, 0.15) is 20.8 Å². The van der Waals surface area contributed by atoms with E-state index in [9.17, 15) is 9.59 Å². The van der Waals surface area contributed by atoms with Gasteiger partial charge in [-0.1, -0.05) is 13.8 Å². The summed E-state index contributed by atoms with van der Waals surface area (Å²) in [5.41, 5.74) is 0. The van der Waals surface area contributed by atoms with Crippen molar-refractivity contribution in [1.29, 1.82) is 0 Å². The lowest BCUT2D eigenvalue weighted by atomic mass is 10.1. The van der Waals surface area contributed by atoms with Crippen molar-refractivity contribution in [2.75, 3.05) is 13.1 Å². The Morgan fingerprint density at radius 2 is 2.23 bits per heavy atom. The van der Waals surface area contributed by atoms with Crippen LogP contribution in [0, 0.1) is 5.92 Å². The van der Waals surface area contributed by atoms with Crippen LogP contribution in [0.15, 0.2) is 0 Å². The van der Waals surface area contributed by atoms with Crippen molar-refractivity contribution in [3.63, 3.8) is 0 Å². The third kappa shape index (κ3) is 2.20. The predicted octanol–water partition coefficient (Wildman–Crippen LogP) is -0.0107. The lowest BCUT2D eigenvalue weighted by Crippen LogP contribution is -2.56. The molecule has 0 radical (unpaired) electrons. The maximum Gasteiger partial charge on any atom is 0.239 e. The zero-order chi connectivity index (χ0) is 10.0. The van der Waals surface area contributed by atoms with Crippen LogP contribution in [-0.4, -0.2) is 35.8 Å². The molecule has 0 aliphatic carbocycles. The Kier molecular flexibility index (Phi) is 2.90. The average Bonchev–Trinajstić information content (AvgIpc) is 2.08. The molecule has 4 nitrogen and oxygen atoms in total. The Morgan fingerprint density at radius 3 is 2.77 bits per heavy atom. The fourth-order valence-corrected chi connectivity index (χ4v) is 1.36. The minimum atomic E-state index is -0.0629. The second kappa shape index (κ2) is 3.77. The van der Waals surface area contributed by atoms with Crippen molar-refractivity contribution < 1.29 is 9.59 Å². The minimum Gasteiger partial charge on any atom is -0.353 e. The van der Waals surface area contributed by atoms with E-state index in [0.717, 1.165) is 0 Å². The lowest BCUT2D eigenvalue weighted by Gasteiger charge is -2.34. The van der Waals surface area contributed by atoms with Crippen molar-refractivity contribution in [3.05, 3.63) is 0 Å². The highest BCUT2D eigenvalue weighted by molar-refractivity contribution is 5.87. The maximum atomic E-state index is 11.6. The fourth-order valence-electron chi connectivity index (χ4n) is 1.36. The summed E-state index contributed by atoms with van der Waals surface area (Å²) < 4.78 is 0. The number of amides is 2. The van der Waals surface area contributed by atoms with Crippen LogP contribution in [0.4, 0.5) is 0 Å².